The topological polar surface area (TPSA) is 44.1 Å². The van der Waals surface area contributed by atoms with E-state index >= 15 is 0 Å². The van der Waals surface area contributed by atoms with E-state index in [1.807, 2.05) is 0 Å². The summed E-state index contributed by atoms with van der Waals surface area (Å²) in [5.41, 5.74) is -0.735. The van der Waals surface area contributed by atoms with Crippen LogP contribution in [0.25, 0.3) is 0 Å². The summed E-state index contributed by atoms with van der Waals surface area (Å²) in [7, 11) is 1.25. The average Bonchev–Trinajstić information content (AvgIpc) is 2.73. The van der Waals surface area contributed by atoms with Crippen LogP contribution in [0, 0.1) is 0 Å². The van der Waals surface area contributed by atoms with Crippen molar-refractivity contribution in [3.63, 3.8) is 0 Å². The number of carbonyl (C=O) groups is 1. The molecule has 0 atom stereocenters. The first kappa shape index (κ1) is 17.0. The summed E-state index contributed by atoms with van der Waals surface area (Å²) in [6.45, 7) is -0.0505. The Labute approximate surface area is 140 Å². The summed E-state index contributed by atoms with van der Waals surface area (Å²) in [4.78, 5) is 12.0. The maximum Gasteiger partial charge on any atom is 0.436 e. The Bertz CT molecular complexity index is 697. The highest BCUT2D eigenvalue weighted by Crippen LogP contribution is 2.35. The SMILES string of the molecule is Cn1nc(C(F)(F)F)c(Br)c1C(=O)OCc1ccc(Br)cc1. The van der Waals surface area contributed by atoms with Crippen LogP contribution >= 0.6 is 31.9 Å². The Morgan fingerprint density at radius 1 is 1.27 bits per heavy atom. The molecule has 0 bridgehead atoms. The maximum absolute atomic E-state index is 12.7. The molecule has 22 heavy (non-hydrogen) atoms. The van der Waals surface area contributed by atoms with Gasteiger partial charge < -0.3 is 4.74 Å². The van der Waals surface area contributed by atoms with Crippen molar-refractivity contribution < 1.29 is 22.7 Å². The maximum atomic E-state index is 12.7. The lowest BCUT2D eigenvalue weighted by Gasteiger charge is -2.06. The fourth-order valence-electron chi connectivity index (χ4n) is 1.70. The van der Waals surface area contributed by atoms with Crippen molar-refractivity contribution in [1.82, 2.24) is 9.78 Å². The van der Waals surface area contributed by atoms with Gasteiger partial charge in [-0.15, -0.1) is 0 Å². The lowest BCUT2D eigenvalue weighted by atomic mass is 10.2. The molecule has 0 aliphatic heterocycles. The van der Waals surface area contributed by atoms with Crippen molar-refractivity contribution in [2.24, 2.45) is 7.05 Å². The van der Waals surface area contributed by atoms with Crippen LogP contribution in [0.3, 0.4) is 0 Å². The summed E-state index contributed by atoms with van der Waals surface area (Å²) in [5.74, 6) is -0.889. The van der Waals surface area contributed by atoms with Gasteiger partial charge >= 0.3 is 12.1 Å². The average molecular weight is 442 g/mol. The van der Waals surface area contributed by atoms with E-state index in [1.165, 1.54) is 7.05 Å². The Morgan fingerprint density at radius 2 is 1.86 bits per heavy atom. The van der Waals surface area contributed by atoms with Gasteiger partial charge in [0.2, 0.25) is 0 Å². The summed E-state index contributed by atoms with van der Waals surface area (Å²) >= 11 is 6.03. The molecule has 1 heterocycles. The van der Waals surface area contributed by atoms with E-state index < -0.39 is 22.3 Å². The molecule has 2 aromatic rings. The Kier molecular flexibility index (Phi) is 4.96. The van der Waals surface area contributed by atoms with E-state index in [0.29, 0.717) is 5.56 Å². The second-order valence-electron chi connectivity index (χ2n) is 4.34. The second-order valence-corrected chi connectivity index (χ2v) is 6.04. The minimum absolute atomic E-state index is 0.0505. The summed E-state index contributed by atoms with van der Waals surface area (Å²) in [6.07, 6.45) is -4.65. The van der Waals surface area contributed by atoms with Crippen LogP contribution in [0.5, 0.6) is 0 Å². The molecule has 0 aliphatic carbocycles. The molecule has 4 nitrogen and oxygen atoms in total. The number of esters is 1. The van der Waals surface area contributed by atoms with Crippen LogP contribution in [0.4, 0.5) is 13.2 Å². The number of carbonyl (C=O) groups excluding carboxylic acids is 1. The Balaban J connectivity index is 2.16. The first-order valence-electron chi connectivity index (χ1n) is 5.91. The van der Waals surface area contributed by atoms with Crippen molar-refractivity contribution in [3.8, 4) is 0 Å². The molecule has 2 rings (SSSR count). The van der Waals surface area contributed by atoms with Crippen LogP contribution in [-0.4, -0.2) is 15.7 Å². The number of hydrogen-bond acceptors (Lipinski definition) is 3. The Hall–Kier alpha value is -1.35. The van der Waals surface area contributed by atoms with Crippen LogP contribution in [0.2, 0.25) is 0 Å². The molecule has 0 aliphatic rings. The molecule has 9 heteroatoms. The molecule has 0 saturated heterocycles. The fraction of sp³-hybridized carbons (Fsp3) is 0.231. The molecule has 0 spiro atoms. The van der Waals surface area contributed by atoms with Gasteiger partial charge in [0.25, 0.3) is 0 Å². The second kappa shape index (κ2) is 6.41. The lowest BCUT2D eigenvalue weighted by molar-refractivity contribution is -0.142. The van der Waals surface area contributed by atoms with Crippen molar-refractivity contribution in [1.29, 1.82) is 0 Å². The van der Waals surface area contributed by atoms with Crippen LogP contribution < -0.4 is 0 Å². The number of rotatable bonds is 3. The largest absolute Gasteiger partial charge is 0.456 e. The Morgan fingerprint density at radius 3 is 2.36 bits per heavy atom. The minimum Gasteiger partial charge on any atom is -0.456 e. The van der Waals surface area contributed by atoms with E-state index in [9.17, 15) is 18.0 Å². The minimum atomic E-state index is -4.65. The highest BCUT2D eigenvalue weighted by Gasteiger charge is 2.39. The quantitative estimate of drug-likeness (QED) is 0.666. The first-order chi connectivity index (χ1) is 10.2. The highest BCUT2D eigenvalue weighted by atomic mass is 79.9. The van der Waals surface area contributed by atoms with Gasteiger partial charge in [0.05, 0.1) is 4.47 Å². The monoisotopic (exact) mass is 440 g/mol. The van der Waals surface area contributed by atoms with Crippen molar-refractivity contribution in [3.05, 3.63) is 50.2 Å². The third-order valence-corrected chi connectivity index (χ3v) is 4.01. The molecular formula is C13H9Br2F3N2O2. The lowest BCUT2D eigenvalue weighted by Crippen LogP contribution is -2.11. The van der Waals surface area contributed by atoms with E-state index in [2.05, 4.69) is 37.0 Å². The molecule has 0 fully saturated rings. The van der Waals surface area contributed by atoms with Gasteiger partial charge in [-0.1, -0.05) is 28.1 Å². The number of ether oxygens (including phenoxy) is 1. The molecule has 0 amide bonds. The molecule has 1 aromatic heterocycles. The zero-order valence-corrected chi connectivity index (χ0v) is 14.3. The molecule has 118 valence electrons. The van der Waals surface area contributed by atoms with E-state index in [0.717, 1.165) is 9.15 Å². The number of hydrogen-bond donors (Lipinski definition) is 0. The molecule has 1 aromatic carbocycles. The highest BCUT2D eigenvalue weighted by molar-refractivity contribution is 9.10. The molecule has 0 saturated carbocycles. The molecule has 0 unspecified atom stereocenters. The predicted molar refractivity (Wildman–Crippen MR) is 79.2 cm³/mol. The van der Waals surface area contributed by atoms with Crippen molar-refractivity contribution in [2.75, 3.05) is 0 Å². The predicted octanol–water partition coefficient (Wildman–Crippen LogP) is 4.32. The van der Waals surface area contributed by atoms with Gasteiger partial charge in [0.15, 0.2) is 11.4 Å². The zero-order valence-electron chi connectivity index (χ0n) is 11.1. The van der Waals surface area contributed by atoms with Crippen molar-refractivity contribution in [2.45, 2.75) is 12.8 Å². The summed E-state index contributed by atoms with van der Waals surface area (Å²) in [5, 5.41) is 3.31. The van der Waals surface area contributed by atoms with Gasteiger partial charge in [0, 0.05) is 11.5 Å². The van der Waals surface area contributed by atoms with Gasteiger partial charge in [-0.05, 0) is 33.6 Å². The number of alkyl halides is 3. The summed E-state index contributed by atoms with van der Waals surface area (Å²) in [6, 6.07) is 7.00. The third-order valence-electron chi connectivity index (χ3n) is 2.73. The summed E-state index contributed by atoms with van der Waals surface area (Å²) < 4.78 is 44.5. The van der Waals surface area contributed by atoms with Crippen LogP contribution in [0.1, 0.15) is 21.7 Å². The zero-order chi connectivity index (χ0) is 16.5. The number of nitrogens with zero attached hydrogens (tertiary/aromatic N) is 2. The van der Waals surface area contributed by atoms with Gasteiger partial charge in [-0.2, -0.15) is 18.3 Å². The number of aryl methyl sites for hydroxylation is 1. The molecular weight excluding hydrogens is 433 g/mol. The van der Waals surface area contributed by atoms with Crippen molar-refractivity contribution >= 4 is 37.8 Å². The smallest absolute Gasteiger partial charge is 0.436 e. The third kappa shape index (κ3) is 3.70. The number of halogens is 5. The van der Waals surface area contributed by atoms with Gasteiger partial charge in [-0.3, -0.25) is 4.68 Å². The number of benzene rings is 1. The fourth-order valence-corrected chi connectivity index (χ4v) is 2.69. The van der Waals surface area contributed by atoms with Gasteiger partial charge in [-0.25, -0.2) is 4.79 Å². The molecule has 0 N–H and O–H groups in total. The normalized spacial score (nSPS) is 11.5. The van der Waals surface area contributed by atoms with E-state index in [1.54, 1.807) is 24.3 Å². The molecule has 0 radical (unpaired) electrons. The first-order valence-corrected chi connectivity index (χ1v) is 7.50. The number of aromatic nitrogens is 2. The van der Waals surface area contributed by atoms with E-state index in [4.69, 9.17) is 4.74 Å². The van der Waals surface area contributed by atoms with Crippen LogP contribution in [-0.2, 0) is 24.6 Å². The standard InChI is InChI=1S/C13H9Br2F3N2O2/c1-20-10(9(15)11(19-20)13(16,17)18)12(21)22-6-7-2-4-8(14)5-3-7/h2-5H,6H2,1H3. The van der Waals surface area contributed by atoms with E-state index in [-0.39, 0.29) is 12.3 Å². The van der Waals surface area contributed by atoms with Crippen LogP contribution in [0.15, 0.2) is 33.2 Å². The van der Waals surface area contributed by atoms with Gasteiger partial charge in [0.1, 0.15) is 6.61 Å².